The molecule has 0 saturated heterocycles. The maximum Gasteiger partial charge on any atom is 0.257 e. The minimum absolute atomic E-state index is 0.308. The molecule has 0 aliphatic heterocycles. The highest BCUT2D eigenvalue weighted by Gasteiger charge is 1.98. The largest absolute Gasteiger partial charge is 0.513 e. The second-order valence-electron chi connectivity index (χ2n) is 5.56. The van der Waals surface area contributed by atoms with Crippen LogP contribution in [0, 0.1) is 0 Å². The van der Waals surface area contributed by atoms with Gasteiger partial charge in [-0.15, -0.1) is 0 Å². The van der Waals surface area contributed by atoms with E-state index in [9.17, 15) is 9.90 Å². The number of hydrogen-bond donors (Lipinski definition) is 0. The highest BCUT2D eigenvalue weighted by Crippen LogP contribution is 2.24. The number of hydrogen-bond acceptors (Lipinski definition) is 3. The van der Waals surface area contributed by atoms with Crippen molar-refractivity contribution in [3.63, 3.8) is 0 Å². The minimum Gasteiger partial charge on any atom is -0.513 e. The Balaban J connectivity index is 0.000000152. The summed E-state index contributed by atoms with van der Waals surface area (Å²) < 4.78 is 4.53. The molecule has 0 atom stereocenters. The van der Waals surface area contributed by atoms with E-state index in [1.54, 1.807) is 18.2 Å². The first kappa shape index (κ1) is 17.2. The molecule has 0 radical (unpaired) electrons. The van der Waals surface area contributed by atoms with Crippen LogP contribution in [0.5, 0.6) is 5.75 Å². The van der Waals surface area contributed by atoms with Gasteiger partial charge in [-0.3, -0.25) is 0 Å². The Hall–Kier alpha value is -3.59. The molecule has 0 heterocycles. The van der Waals surface area contributed by atoms with Crippen LogP contribution >= 0.6 is 0 Å². The van der Waals surface area contributed by atoms with E-state index in [0.29, 0.717) is 5.75 Å². The van der Waals surface area contributed by atoms with Crippen LogP contribution < -0.4 is 9.84 Å². The van der Waals surface area contributed by atoms with Gasteiger partial charge in [0.25, 0.3) is 6.16 Å². The highest BCUT2D eigenvalue weighted by molar-refractivity contribution is 5.89. The number of carbonyl (C=O) groups is 1. The molecule has 3 heteroatoms. The molecule has 0 aromatic heterocycles. The molecule has 3 nitrogen and oxygen atoms in total. The van der Waals surface area contributed by atoms with E-state index in [2.05, 4.69) is 53.3 Å². The van der Waals surface area contributed by atoms with Crippen molar-refractivity contribution in [3.05, 3.63) is 103 Å². The van der Waals surface area contributed by atoms with Crippen molar-refractivity contribution in [2.75, 3.05) is 0 Å². The molecule has 4 aromatic rings. The lowest BCUT2D eigenvalue weighted by molar-refractivity contribution is -0.271. The Kier molecular flexibility index (Phi) is 5.63. The fourth-order valence-corrected chi connectivity index (χ4v) is 2.64. The Morgan fingerprint density at radius 2 is 1.12 bits per heavy atom. The monoisotopic (exact) mass is 341 g/mol. The predicted molar refractivity (Wildman–Crippen MR) is 102 cm³/mol. The van der Waals surface area contributed by atoms with Crippen LogP contribution in [-0.2, 0) is 0 Å². The van der Waals surface area contributed by atoms with Crippen molar-refractivity contribution < 1.29 is 14.6 Å². The highest BCUT2D eigenvalue weighted by atomic mass is 16.7. The van der Waals surface area contributed by atoms with Gasteiger partial charge in [-0.25, -0.2) is 0 Å². The molecule has 128 valence electrons. The van der Waals surface area contributed by atoms with Crippen LogP contribution in [-0.4, -0.2) is 6.16 Å². The summed E-state index contributed by atoms with van der Waals surface area (Å²) in [5.41, 5.74) is 2.55. The molecule has 0 saturated carbocycles. The smallest absolute Gasteiger partial charge is 0.257 e. The van der Waals surface area contributed by atoms with Gasteiger partial charge in [0.2, 0.25) is 0 Å². The predicted octanol–water partition coefficient (Wildman–Crippen LogP) is 4.92. The molecule has 4 aromatic carbocycles. The topological polar surface area (TPSA) is 49.4 Å². The van der Waals surface area contributed by atoms with Crippen LogP contribution in [0.15, 0.2) is 103 Å². The van der Waals surface area contributed by atoms with E-state index in [-0.39, 0.29) is 0 Å². The number of rotatable bonds is 2. The van der Waals surface area contributed by atoms with E-state index < -0.39 is 6.16 Å². The Bertz CT molecular complexity index is 937. The van der Waals surface area contributed by atoms with Crippen LogP contribution in [0.25, 0.3) is 21.9 Å². The minimum atomic E-state index is -1.54. The molecular formula is C23H17O3-. The molecular weight excluding hydrogens is 324 g/mol. The third-order valence-corrected chi connectivity index (χ3v) is 3.82. The number of carbonyl (C=O) groups excluding carboxylic acids is 1. The van der Waals surface area contributed by atoms with E-state index in [4.69, 9.17) is 0 Å². The molecule has 0 bridgehead atoms. The summed E-state index contributed by atoms with van der Waals surface area (Å²) in [4.78, 5) is 10.3. The Morgan fingerprint density at radius 1 is 0.615 bits per heavy atom. The van der Waals surface area contributed by atoms with Crippen molar-refractivity contribution in [1.82, 2.24) is 0 Å². The average molecular weight is 341 g/mol. The van der Waals surface area contributed by atoms with Crippen molar-refractivity contribution in [1.29, 1.82) is 0 Å². The van der Waals surface area contributed by atoms with E-state index in [1.807, 2.05) is 36.4 Å². The van der Waals surface area contributed by atoms with Crippen LogP contribution in [0.2, 0.25) is 0 Å². The van der Waals surface area contributed by atoms with Gasteiger partial charge in [0.15, 0.2) is 0 Å². The lowest BCUT2D eigenvalue weighted by Crippen LogP contribution is -2.26. The molecule has 0 fully saturated rings. The van der Waals surface area contributed by atoms with Crippen molar-refractivity contribution >= 4 is 16.9 Å². The lowest BCUT2D eigenvalue weighted by atomic mass is 10.1. The number of carboxylic acid groups (broad SMARTS) is 1. The van der Waals surface area contributed by atoms with Gasteiger partial charge in [0.1, 0.15) is 0 Å². The summed E-state index contributed by atoms with van der Waals surface area (Å²) >= 11 is 0. The lowest BCUT2D eigenvalue weighted by Gasteiger charge is -2.10. The second kappa shape index (κ2) is 8.49. The third kappa shape index (κ3) is 4.48. The molecule has 4 rings (SSSR count). The molecule has 0 amide bonds. The summed E-state index contributed by atoms with van der Waals surface area (Å²) in [7, 11) is 0. The number of fused-ring (bicyclic) bond motifs is 1. The summed E-state index contributed by atoms with van der Waals surface area (Å²) in [6, 6.07) is 33.4. The number of benzene rings is 4. The van der Waals surface area contributed by atoms with Crippen LogP contribution in [0.4, 0.5) is 4.79 Å². The standard InChI is InChI=1S/C12H10.C11H8O3/c1-3-7-11(8-4-1)12-9-5-2-6-10-12;12-11(13)14-10-7-3-5-8-4-1-2-6-9(8)10/h1-10H;1-7H,(H,12,13)/p-1. The van der Waals surface area contributed by atoms with Gasteiger partial charge in [-0.05, 0) is 22.6 Å². The zero-order valence-electron chi connectivity index (χ0n) is 14.0. The first-order chi connectivity index (χ1) is 12.7. The maximum atomic E-state index is 10.3. The molecule has 0 unspecified atom stereocenters. The van der Waals surface area contributed by atoms with Crippen LogP contribution in [0.1, 0.15) is 0 Å². The van der Waals surface area contributed by atoms with E-state index in [0.717, 1.165) is 10.8 Å². The van der Waals surface area contributed by atoms with Crippen molar-refractivity contribution in [2.45, 2.75) is 0 Å². The zero-order chi connectivity index (χ0) is 18.2. The van der Waals surface area contributed by atoms with Gasteiger partial charge < -0.3 is 14.6 Å². The average Bonchev–Trinajstić information content (AvgIpc) is 2.70. The fourth-order valence-electron chi connectivity index (χ4n) is 2.64. The van der Waals surface area contributed by atoms with Gasteiger partial charge in [-0.1, -0.05) is 97.1 Å². The van der Waals surface area contributed by atoms with Crippen molar-refractivity contribution in [3.8, 4) is 16.9 Å². The SMILES string of the molecule is O=C([O-])Oc1cccc2ccccc12.c1ccc(-c2ccccc2)cc1. The normalized spacial score (nSPS) is 9.85. The van der Waals surface area contributed by atoms with E-state index >= 15 is 0 Å². The van der Waals surface area contributed by atoms with Gasteiger partial charge >= 0.3 is 0 Å². The first-order valence-electron chi connectivity index (χ1n) is 8.21. The molecule has 0 aliphatic rings. The fraction of sp³-hybridized carbons (Fsp3) is 0. The van der Waals surface area contributed by atoms with Gasteiger partial charge in [0, 0.05) is 5.39 Å². The quantitative estimate of drug-likeness (QED) is 0.384. The first-order valence-corrected chi connectivity index (χ1v) is 8.21. The van der Waals surface area contributed by atoms with Crippen molar-refractivity contribution in [2.24, 2.45) is 0 Å². The Morgan fingerprint density at radius 3 is 1.69 bits per heavy atom. The molecule has 0 N–H and O–H groups in total. The van der Waals surface area contributed by atoms with Gasteiger partial charge in [0.05, 0.1) is 5.75 Å². The van der Waals surface area contributed by atoms with E-state index in [1.165, 1.54) is 11.1 Å². The molecule has 0 aliphatic carbocycles. The molecule has 0 spiro atoms. The number of ether oxygens (including phenoxy) is 1. The summed E-state index contributed by atoms with van der Waals surface area (Å²) in [6.45, 7) is 0. The van der Waals surface area contributed by atoms with Gasteiger partial charge in [-0.2, -0.15) is 0 Å². The second-order valence-corrected chi connectivity index (χ2v) is 5.56. The van der Waals surface area contributed by atoms with Crippen LogP contribution in [0.3, 0.4) is 0 Å². The Labute approximate surface area is 152 Å². The zero-order valence-corrected chi connectivity index (χ0v) is 14.0. The molecule has 26 heavy (non-hydrogen) atoms. The maximum absolute atomic E-state index is 10.3. The summed E-state index contributed by atoms with van der Waals surface area (Å²) in [5, 5.41) is 12.0. The third-order valence-electron chi connectivity index (χ3n) is 3.82. The summed E-state index contributed by atoms with van der Waals surface area (Å²) in [6.07, 6.45) is -1.54. The summed E-state index contributed by atoms with van der Waals surface area (Å²) in [5.74, 6) is 0.308.